The topological polar surface area (TPSA) is 123 Å². The Morgan fingerprint density at radius 3 is 2.89 bits per heavy atom. The van der Waals surface area contributed by atoms with E-state index < -0.39 is 5.97 Å². The standard InChI is InChI=1S/C26H27N5O5/c1-2-34-21-7-3-4-8-22(21)35-18-6-5-11-31(16-18)24-15-27-14-23(29-24)30-26-28-19-12-17(13-25(32)33)9-10-20(19)36-26/h3-4,7-10,12,14-15,18H,2,5-6,11,13,16H2,1H3,(H,32,33)(H,28,29,30)/t18-/m1/s1. The Balaban J connectivity index is 1.27. The van der Waals surface area contributed by atoms with Crippen LogP contribution in [0.3, 0.4) is 0 Å². The number of aliphatic carboxylic acids is 1. The van der Waals surface area contributed by atoms with E-state index in [-0.39, 0.29) is 18.5 Å². The van der Waals surface area contributed by atoms with Gasteiger partial charge in [0.05, 0.1) is 32.0 Å². The van der Waals surface area contributed by atoms with Gasteiger partial charge in [-0.25, -0.2) is 4.98 Å². The van der Waals surface area contributed by atoms with Gasteiger partial charge in [0.15, 0.2) is 22.9 Å². The minimum absolute atomic E-state index is 0.00388. The third kappa shape index (κ3) is 5.48. The van der Waals surface area contributed by atoms with E-state index in [1.54, 1.807) is 30.6 Å². The summed E-state index contributed by atoms with van der Waals surface area (Å²) >= 11 is 0. The molecule has 1 fully saturated rings. The summed E-state index contributed by atoms with van der Waals surface area (Å²) in [6.45, 7) is 4.06. The largest absolute Gasteiger partial charge is 0.490 e. The lowest BCUT2D eigenvalue weighted by Gasteiger charge is -2.33. The van der Waals surface area contributed by atoms with Crippen molar-refractivity contribution in [2.24, 2.45) is 0 Å². The molecule has 1 aliphatic heterocycles. The van der Waals surface area contributed by atoms with E-state index in [0.29, 0.717) is 35.6 Å². The number of para-hydroxylation sites is 2. The number of piperidine rings is 1. The molecule has 0 amide bonds. The van der Waals surface area contributed by atoms with Gasteiger partial charge in [-0.05, 0) is 49.6 Å². The van der Waals surface area contributed by atoms with Gasteiger partial charge in [0, 0.05) is 6.54 Å². The number of rotatable bonds is 9. The van der Waals surface area contributed by atoms with Gasteiger partial charge in [0.25, 0.3) is 0 Å². The minimum atomic E-state index is -0.896. The van der Waals surface area contributed by atoms with Crippen LogP contribution >= 0.6 is 0 Å². The van der Waals surface area contributed by atoms with Crippen molar-refractivity contribution in [3.63, 3.8) is 0 Å². The first-order valence-corrected chi connectivity index (χ1v) is 11.9. The molecule has 0 radical (unpaired) electrons. The van der Waals surface area contributed by atoms with Gasteiger partial charge in [0.1, 0.15) is 17.4 Å². The van der Waals surface area contributed by atoms with Crippen molar-refractivity contribution in [2.75, 3.05) is 29.9 Å². The van der Waals surface area contributed by atoms with Crippen LogP contribution in [-0.2, 0) is 11.2 Å². The van der Waals surface area contributed by atoms with Crippen LogP contribution in [0.1, 0.15) is 25.3 Å². The summed E-state index contributed by atoms with van der Waals surface area (Å²) < 4.78 is 17.7. The fourth-order valence-corrected chi connectivity index (χ4v) is 4.23. The highest BCUT2D eigenvalue weighted by atomic mass is 16.5. The smallest absolute Gasteiger partial charge is 0.307 e. The lowest BCUT2D eigenvalue weighted by atomic mass is 10.1. The second-order valence-corrected chi connectivity index (χ2v) is 8.49. The quantitative estimate of drug-likeness (QED) is 0.349. The van der Waals surface area contributed by atoms with Gasteiger partial charge < -0.3 is 23.9 Å². The highest BCUT2D eigenvalue weighted by molar-refractivity contribution is 5.78. The van der Waals surface area contributed by atoms with Crippen LogP contribution < -0.4 is 19.7 Å². The van der Waals surface area contributed by atoms with E-state index in [1.807, 2.05) is 31.2 Å². The van der Waals surface area contributed by atoms with Crippen molar-refractivity contribution in [3.05, 3.63) is 60.4 Å². The molecule has 186 valence electrons. The number of carbonyl (C=O) groups is 1. The molecule has 2 N–H and O–H groups in total. The summed E-state index contributed by atoms with van der Waals surface area (Å²) in [4.78, 5) is 26.6. The molecule has 4 aromatic rings. The number of ether oxygens (including phenoxy) is 2. The van der Waals surface area contributed by atoms with Crippen LogP contribution in [0.4, 0.5) is 17.7 Å². The monoisotopic (exact) mass is 489 g/mol. The van der Waals surface area contributed by atoms with Gasteiger partial charge in [-0.1, -0.05) is 18.2 Å². The average Bonchev–Trinajstić information content (AvgIpc) is 3.27. The van der Waals surface area contributed by atoms with Gasteiger partial charge in [-0.2, -0.15) is 4.98 Å². The number of aromatic nitrogens is 3. The molecule has 0 spiro atoms. The van der Waals surface area contributed by atoms with Gasteiger partial charge in [-0.15, -0.1) is 0 Å². The molecule has 0 unspecified atom stereocenters. The second-order valence-electron chi connectivity index (χ2n) is 8.49. The van der Waals surface area contributed by atoms with Crippen molar-refractivity contribution < 1.29 is 23.8 Å². The number of oxazole rings is 1. The Labute approximate surface area is 207 Å². The molecule has 0 aliphatic carbocycles. The summed E-state index contributed by atoms with van der Waals surface area (Å²) in [7, 11) is 0. The first-order valence-electron chi connectivity index (χ1n) is 11.9. The molecular formula is C26H27N5O5. The van der Waals surface area contributed by atoms with E-state index in [2.05, 4.69) is 20.2 Å². The number of carboxylic acid groups (broad SMARTS) is 1. The Hall–Kier alpha value is -4.34. The van der Waals surface area contributed by atoms with Gasteiger partial charge in [0.2, 0.25) is 0 Å². The molecule has 3 heterocycles. The average molecular weight is 490 g/mol. The van der Waals surface area contributed by atoms with Crippen molar-refractivity contribution in [3.8, 4) is 11.5 Å². The maximum atomic E-state index is 11.0. The van der Waals surface area contributed by atoms with Gasteiger partial charge >= 0.3 is 12.0 Å². The first-order chi connectivity index (χ1) is 17.6. The molecule has 0 bridgehead atoms. The van der Waals surface area contributed by atoms with E-state index in [4.69, 9.17) is 24.0 Å². The van der Waals surface area contributed by atoms with E-state index in [1.165, 1.54) is 0 Å². The molecule has 0 saturated carbocycles. The zero-order valence-electron chi connectivity index (χ0n) is 19.9. The summed E-state index contributed by atoms with van der Waals surface area (Å²) in [5.41, 5.74) is 1.78. The van der Waals surface area contributed by atoms with Gasteiger partial charge in [-0.3, -0.25) is 15.1 Å². The number of nitrogens with zero attached hydrogens (tertiary/aromatic N) is 4. The molecule has 10 nitrogen and oxygen atoms in total. The Bertz CT molecular complexity index is 1360. The van der Waals surface area contributed by atoms with Crippen molar-refractivity contribution in [1.82, 2.24) is 15.0 Å². The fourth-order valence-electron chi connectivity index (χ4n) is 4.23. The first kappa shape index (κ1) is 23.4. The van der Waals surface area contributed by atoms with Crippen LogP contribution in [0.15, 0.2) is 59.3 Å². The lowest BCUT2D eigenvalue weighted by Crippen LogP contribution is -2.41. The van der Waals surface area contributed by atoms with Crippen LogP contribution in [0.25, 0.3) is 11.1 Å². The molecule has 1 saturated heterocycles. The SMILES string of the molecule is CCOc1ccccc1O[C@@H]1CCCN(c2cncc(Nc3nc4cc(CC(=O)O)ccc4o3)n2)C1. The fraction of sp³-hybridized carbons (Fsp3) is 0.308. The Kier molecular flexibility index (Phi) is 6.83. The van der Waals surface area contributed by atoms with Crippen LogP contribution in [0.5, 0.6) is 11.5 Å². The van der Waals surface area contributed by atoms with E-state index in [9.17, 15) is 4.79 Å². The highest BCUT2D eigenvalue weighted by Gasteiger charge is 2.24. The summed E-state index contributed by atoms with van der Waals surface area (Å²) in [5.74, 6) is 1.82. The zero-order valence-corrected chi connectivity index (χ0v) is 19.9. The highest BCUT2D eigenvalue weighted by Crippen LogP contribution is 2.30. The Morgan fingerprint density at radius 1 is 1.19 bits per heavy atom. The van der Waals surface area contributed by atoms with E-state index >= 15 is 0 Å². The number of fused-ring (bicyclic) bond motifs is 1. The number of carboxylic acids is 1. The number of anilines is 3. The maximum absolute atomic E-state index is 11.0. The number of nitrogens with one attached hydrogen (secondary N) is 1. The molecule has 36 heavy (non-hydrogen) atoms. The third-order valence-electron chi connectivity index (χ3n) is 5.81. The third-order valence-corrected chi connectivity index (χ3v) is 5.81. The predicted octanol–water partition coefficient (Wildman–Crippen LogP) is 4.44. The predicted molar refractivity (Wildman–Crippen MR) is 134 cm³/mol. The molecule has 2 aromatic heterocycles. The molecule has 1 aliphatic rings. The maximum Gasteiger partial charge on any atom is 0.307 e. The van der Waals surface area contributed by atoms with Crippen LogP contribution in [-0.4, -0.2) is 51.8 Å². The van der Waals surface area contributed by atoms with Crippen molar-refractivity contribution in [2.45, 2.75) is 32.3 Å². The summed E-state index contributed by atoms with van der Waals surface area (Å²) in [6, 6.07) is 13.1. The summed E-state index contributed by atoms with van der Waals surface area (Å²) in [5, 5.41) is 12.1. The van der Waals surface area contributed by atoms with E-state index in [0.717, 1.165) is 36.7 Å². The summed E-state index contributed by atoms with van der Waals surface area (Å²) in [6.07, 6.45) is 5.16. The Morgan fingerprint density at radius 2 is 2.06 bits per heavy atom. The molecular weight excluding hydrogens is 462 g/mol. The zero-order chi connectivity index (χ0) is 24.9. The van der Waals surface area contributed by atoms with Crippen molar-refractivity contribution in [1.29, 1.82) is 0 Å². The van der Waals surface area contributed by atoms with Crippen molar-refractivity contribution >= 4 is 34.7 Å². The van der Waals surface area contributed by atoms with Crippen LogP contribution in [0.2, 0.25) is 0 Å². The number of benzene rings is 2. The number of hydrogen-bond donors (Lipinski definition) is 2. The molecule has 2 aromatic carbocycles. The molecule has 1 atom stereocenters. The van der Waals surface area contributed by atoms with Crippen LogP contribution in [0, 0.1) is 0 Å². The minimum Gasteiger partial charge on any atom is -0.490 e. The molecule has 5 rings (SSSR count). The normalized spacial score (nSPS) is 15.6. The number of hydrogen-bond acceptors (Lipinski definition) is 9. The lowest BCUT2D eigenvalue weighted by molar-refractivity contribution is -0.136. The molecule has 10 heteroatoms. The second kappa shape index (κ2) is 10.5.